The number of carbonyl (C=O) groups excluding carboxylic acids is 1. The van der Waals surface area contributed by atoms with Gasteiger partial charge in [0.1, 0.15) is 5.65 Å². The third-order valence-electron chi connectivity index (χ3n) is 3.55. The molecule has 0 aromatic carbocycles. The van der Waals surface area contributed by atoms with Gasteiger partial charge in [-0.05, 0) is 26.8 Å². The van der Waals surface area contributed by atoms with Crippen molar-refractivity contribution in [3.05, 3.63) is 42.0 Å². The van der Waals surface area contributed by atoms with E-state index < -0.39 is 0 Å². The molecule has 7 heteroatoms. The summed E-state index contributed by atoms with van der Waals surface area (Å²) in [6, 6.07) is 1.60. The van der Waals surface area contributed by atoms with Crippen LogP contribution in [0.2, 0.25) is 0 Å². The number of ketones is 1. The van der Waals surface area contributed by atoms with Crippen LogP contribution in [0.3, 0.4) is 0 Å². The fourth-order valence-corrected chi connectivity index (χ4v) is 2.45. The molecule has 0 fully saturated rings. The molecule has 0 radical (unpaired) electrons. The molecule has 0 saturated heterocycles. The van der Waals surface area contributed by atoms with Crippen molar-refractivity contribution in [1.82, 2.24) is 19.5 Å². The van der Waals surface area contributed by atoms with E-state index >= 15 is 0 Å². The highest BCUT2D eigenvalue weighted by atomic mass is 16.1. The Morgan fingerprint density at radius 3 is 2.57 bits per heavy atom. The van der Waals surface area contributed by atoms with Crippen molar-refractivity contribution in [2.24, 2.45) is 0 Å². The van der Waals surface area contributed by atoms with Gasteiger partial charge in [-0.3, -0.25) is 9.78 Å². The number of hydrogen-bond acceptors (Lipinski definition) is 6. The number of nitrogens with two attached hydrogens (primary N) is 2. The number of hydrogen-bond donors (Lipinski definition) is 2. The lowest BCUT2D eigenvalue weighted by atomic mass is 10.1. The second kappa shape index (κ2) is 5.05. The van der Waals surface area contributed by atoms with Gasteiger partial charge in [0.15, 0.2) is 5.78 Å². The topological polar surface area (TPSA) is 113 Å². The Balaban J connectivity index is 2.24. The Morgan fingerprint density at radius 2 is 1.91 bits per heavy atom. The van der Waals surface area contributed by atoms with E-state index in [0.717, 1.165) is 0 Å². The minimum Gasteiger partial charge on any atom is -0.397 e. The molecule has 0 atom stereocenters. The standard InChI is InChI=1S/C16H18N6O/c1-16(2,3)22-8-12(11-7-20-15(18)21-14(11)22)13(23)9-4-10(17)6-19-5-9/h4-8H,17H2,1-3H3,(H2,18,20,21). The molecule has 3 aromatic heterocycles. The van der Waals surface area contributed by atoms with Crippen molar-refractivity contribution in [3.8, 4) is 0 Å². The zero-order valence-corrected chi connectivity index (χ0v) is 13.2. The molecule has 0 aliphatic heterocycles. The molecule has 0 aliphatic carbocycles. The number of rotatable bonds is 2. The minimum absolute atomic E-state index is 0.172. The molecule has 4 N–H and O–H groups in total. The summed E-state index contributed by atoms with van der Waals surface area (Å²) < 4.78 is 1.92. The third-order valence-corrected chi connectivity index (χ3v) is 3.55. The van der Waals surface area contributed by atoms with Crippen molar-refractivity contribution in [2.75, 3.05) is 11.5 Å². The van der Waals surface area contributed by atoms with Crippen molar-refractivity contribution < 1.29 is 4.79 Å². The fourth-order valence-electron chi connectivity index (χ4n) is 2.45. The lowest BCUT2D eigenvalue weighted by Crippen LogP contribution is -2.21. The first kappa shape index (κ1) is 15.0. The van der Waals surface area contributed by atoms with Crippen LogP contribution in [0.15, 0.2) is 30.9 Å². The number of anilines is 2. The Hall–Kier alpha value is -2.96. The highest BCUT2D eigenvalue weighted by Crippen LogP contribution is 2.28. The normalized spacial score (nSPS) is 11.8. The molecule has 0 aliphatic rings. The Labute approximate surface area is 133 Å². The monoisotopic (exact) mass is 310 g/mol. The van der Waals surface area contributed by atoms with Gasteiger partial charge < -0.3 is 16.0 Å². The summed E-state index contributed by atoms with van der Waals surface area (Å²) in [5.74, 6) is -0.00288. The number of fused-ring (bicyclic) bond motifs is 1. The number of carbonyl (C=O) groups is 1. The maximum absolute atomic E-state index is 12.8. The van der Waals surface area contributed by atoms with E-state index in [1.54, 1.807) is 18.5 Å². The van der Waals surface area contributed by atoms with Gasteiger partial charge in [-0.1, -0.05) is 0 Å². The molecule has 0 amide bonds. The molecule has 3 rings (SSSR count). The van der Waals surface area contributed by atoms with E-state index in [0.29, 0.717) is 27.8 Å². The SMILES string of the molecule is CC(C)(C)n1cc(C(=O)c2cncc(N)c2)c2cnc(N)nc21. The quantitative estimate of drug-likeness (QED) is 0.700. The van der Waals surface area contributed by atoms with E-state index in [2.05, 4.69) is 15.0 Å². The highest BCUT2D eigenvalue weighted by molar-refractivity contribution is 6.16. The maximum Gasteiger partial charge on any atom is 0.221 e. The van der Waals surface area contributed by atoms with Gasteiger partial charge >= 0.3 is 0 Å². The van der Waals surface area contributed by atoms with Crippen molar-refractivity contribution in [3.63, 3.8) is 0 Å². The summed E-state index contributed by atoms with van der Waals surface area (Å²) in [4.78, 5) is 25.1. The lowest BCUT2D eigenvalue weighted by Gasteiger charge is -2.21. The second-order valence-electron chi connectivity index (χ2n) is 6.39. The predicted octanol–water partition coefficient (Wildman–Crippen LogP) is 1.98. The van der Waals surface area contributed by atoms with E-state index in [1.165, 1.54) is 12.4 Å². The van der Waals surface area contributed by atoms with E-state index in [4.69, 9.17) is 11.5 Å². The first-order chi connectivity index (χ1) is 10.8. The summed E-state index contributed by atoms with van der Waals surface area (Å²) in [6.07, 6.45) is 6.35. The van der Waals surface area contributed by atoms with E-state index in [9.17, 15) is 4.79 Å². The molecular weight excluding hydrogens is 292 g/mol. The van der Waals surface area contributed by atoms with E-state index in [-0.39, 0.29) is 17.3 Å². The molecule has 118 valence electrons. The van der Waals surface area contributed by atoms with Crippen LogP contribution in [0, 0.1) is 0 Å². The highest BCUT2D eigenvalue weighted by Gasteiger charge is 2.23. The molecule has 0 spiro atoms. The molecule has 0 saturated carbocycles. The Kier molecular flexibility index (Phi) is 3.28. The van der Waals surface area contributed by atoms with Crippen LogP contribution in [0.4, 0.5) is 11.6 Å². The van der Waals surface area contributed by atoms with Gasteiger partial charge in [-0.15, -0.1) is 0 Å². The number of aromatic nitrogens is 4. The van der Waals surface area contributed by atoms with Gasteiger partial charge in [-0.25, -0.2) is 4.98 Å². The molecular formula is C16H18N6O. The molecule has 7 nitrogen and oxygen atoms in total. The Morgan fingerprint density at radius 1 is 1.17 bits per heavy atom. The van der Waals surface area contributed by atoms with Crippen molar-refractivity contribution >= 4 is 28.5 Å². The van der Waals surface area contributed by atoms with Crippen LogP contribution in [-0.4, -0.2) is 25.3 Å². The molecule has 0 bridgehead atoms. The van der Waals surface area contributed by atoms with Gasteiger partial charge in [0.05, 0.1) is 11.3 Å². The molecule has 23 heavy (non-hydrogen) atoms. The van der Waals surface area contributed by atoms with Gasteiger partial charge in [0.25, 0.3) is 0 Å². The van der Waals surface area contributed by atoms with Crippen LogP contribution in [0.5, 0.6) is 0 Å². The minimum atomic E-state index is -0.258. The van der Waals surface area contributed by atoms with Crippen LogP contribution in [-0.2, 0) is 5.54 Å². The van der Waals surface area contributed by atoms with Gasteiger partial charge in [0.2, 0.25) is 5.95 Å². The van der Waals surface area contributed by atoms with Gasteiger partial charge in [0, 0.05) is 41.3 Å². The van der Waals surface area contributed by atoms with E-state index in [1.807, 2.05) is 25.3 Å². The van der Waals surface area contributed by atoms with Gasteiger partial charge in [-0.2, -0.15) is 4.98 Å². The van der Waals surface area contributed by atoms with Crippen LogP contribution in [0.1, 0.15) is 36.7 Å². The van der Waals surface area contributed by atoms with Crippen LogP contribution in [0.25, 0.3) is 11.0 Å². The van der Waals surface area contributed by atoms with Crippen molar-refractivity contribution in [1.29, 1.82) is 0 Å². The lowest BCUT2D eigenvalue weighted by molar-refractivity contribution is 0.103. The fraction of sp³-hybridized carbons (Fsp3) is 0.250. The second-order valence-corrected chi connectivity index (χ2v) is 6.39. The number of pyridine rings is 1. The summed E-state index contributed by atoms with van der Waals surface area (Å²) >= 11 is 0. The number of nitrogen functional groups attached to an aromatic ring is 2. The Bertz CT molecular complexity index is 907. The number of nitrogens with zero attached hydrogens (tertiary/aromatic N) is 4. The summed E-state index contributed by atoms with van der Waals surface area (Å²) in [7, 11) is 0. The van der Waals surface area contributed by atoms with Crippen molar-refractivity contribution in [2.45, 2.75) is 26.3 Å². The average Bonchev–Trinajstić information content (AvgIpc) is 2.85. The summed E-state index contributed by atoms with van der Waals surface area (Å²) in [5.41, 5.74) is 13.2. The molecule has 3 aromatic rings. The smallest absolute Gasteiger partial charge is 0.221 e. The largest absolute Gasteiger partial charge is 0.397 e. The van der Waals surface area contributed by atoms with Crippen LogP contribution < -0.4 is 11.5 Å². The summed E-state index contributed by atoms with van der Waals surface area (Å²) in [6.45, 7) is 6.09. The first-order valence-corrected chi connectivity index (χ1v) is 7.16. The third kappa shape index (κ3) is 2.61. The average molecular weight is 310 g/mol. The molecule has 3 heterocycles. The van der Waals surface area contributed by atoms with Crippen LogP contribution >= 0.6 is 0 Å². The first-order valence-electron chi connectivity index (χ1n) is 7.16. The zero-order chi connectivity index (χ0) is 16.8. The molecule has 0 unspecified atom stereocenters. The maximum atomic E-state index is 12.8. The zero-order valence-electron chi connectivity index (χ0n) is 13.2. The predicted molar refractivity (Wildman–Crippen MR) is 89.0 cm³/mol. The summed E-state index contributed by atoms with van der Waals surface area (Å²) in [5, 5.41) is 0.654.